The maximum absolute atomic E-state index is 12.7. The molecule has 0 heterocycles. The van der Waals surface area contributed by atoms with Crippen molar-refractivity contribution in [1.82, 2.24) is 5.32 Å². The Balaban J connectivity index is 1.99. The lowest BCUT2D eigenvalue weighted by Crippen LogP contribution is -2.31. The van der Waals surface area contributed by atoms with Gasteiger partial charge < -0.3 is 5.32 Å². The number of rotatable bonds is 13. The van der Waals surface area contributed by atoms with Crippen LogP contribution in [0.3, 0.4) is 0 Å². The first-order valence-electron chi connectivity index (χ1n) is 11.3. The third-order valence-electron chi connectivity index (χ3n) is 5.38. The molecule has 166 valence electrons. The molecule has 2 aromatic rings. The van der Waals surface area contributed by atoms with Crippen molar-refractivity contribution in [3.05, 3.63) is 81.9 Å². The smallest absolute Gasteiger partial charge is 0.269 e. The van der Waals surface area contributed by atoms with Gasteiger partial charge in [-0.2, -0.15) is 0 Å². The SMILES string of the molecule is CCCCCCCCCC(C)NC(=O)/C=C(/c1ccccc1)c1ccc([N+](=O)[O-])cc1. The normalized spacial score (nSPS) is 12.4. The summed E-state index contributed by atoms with van der Waals surface area (Å²) in [6.07, 6.45) is 11.3. The Bertz CT molecular complexity index is 845. The van der Waals surface area contributed by atoms with Gasteiger partial charge in [0.1, 0.15) is 0 Å². The maximum atomic E-state index is 12.7. The number of non-ortho nitro benzene ring substituents is 1. The molecule has 0 saturated heterocycles. The van der Waals surface area contributed by atoms with Gasteiger partial charge in [-0.05, 0) is 42.2 Å². The van der Waals surface area contributed by atoms with Crippen molar-refractivity contribution < 1.29 is 9.72 Å². The van der Waals surface area contributed by atoms with Crippen LogP contribution in [0.15, 0.2) is 60.7 Å². The van der Waals surface area contributed by atoms with Crippen molar-refractivity contribution in [2.75, 3.05) is 0 Å². The quantitative estimate of drug-likeness (QED) is 0.169. The van der Waals surface area contributed by atoms with Crippen LogP contribution in [0.2, 0.25) is 0 Å². The lowest BCUT2D eigenvalue weighted by molar-refractivity contribution is -0.384. The maximum Gasteiger partial charge on any atom is 0.269 e. The summed E-state index contributed by atoms with van der Waals surface area (Å²) in [7, 11) is 0. The van der Waals surface area contributed by atoms with Gasteiger partial charge in [0.05, 0.1) is 4.92 Å². The van der Waals surface area contributed by atoms with Gasteiger partial charge in [-0.3, -0.25) is 14.9 Å². The third kappa shape index (κ3) is 8.75. The van der Waals surface area contributed by atoms with Crippen LogP contribution >= 0.6 is 0 Å². The van der Waals surface area contributed by atoms with Crippen molar-refractivity contribution in [3.8, 4) is 0 Å². The molecule has 0 aliphatic heterocycles. The van der Waals surface area contributed by atoms with Crippen molar-refractivity contribution in [2.45, 2.75) is 71.3 Å². The molecule has 0 radical (unpaired) electrons. The molecule has 5 nitrogen and oxygen atoms in total. The van der Waals surface area contributed by atoms with Gasteiger partial charge in [0.25, 0.3) is 5.69 Å². The second kappa shape index (κ2) is 13.4. The molecule has 1 unspecified atom stereocenters. The fourth-order valence-corrected chi connectivity index (χ4v) is 3.61. The topological polar surface area (TPSA) is 72.2 Å². The lowest BCUT2D eigenvalue weighted by Gasteiger charge is -2.14. The molecule has 0 spiro atoms. The highest BCUT2D eigenvalue weighted by molar-refractivity contribution is 5.99. The molecule has 0 bridgehead atoms. The van der Waals surface area contributed by atoms with Crippen LogP contribution in [0.25, 0.3) is 5.57 Å². The lowest BCUT2D eigenvalue weighted by atomic mass is 9.97. The zero-order valence-electron chi connectivity index (χ0n) is 18.7. The number of carbonyl (C=O) groups is 1. The van der Waals surface area contributed by atoms with Crippen LogP contribution in [-0.4, -0.2) is 16.9 Å². The molecule has 0 aliphatic carbocycles. The van der Waals surface area contributed by atoms with Crippen LogP contribution in [0, 0.1) is 10.1 Å². The van der Waals surface area contributed by atoms with Gasteiger partial charge >= 0.3 is 0 Å². The highest BCUT2D eigenvalue weighted by Crippen LogP contribution is 2.25. The van der Waals surface area contributed by atoms with Crippen LogP contribution in [0.1, 0.15) is 76.3 Å². The second-order valence-electron chi connectivity index (χ2n) is 8.05. The number of nitrogens with one attached hydrogen (secondary N) is 1. The van der Waals surface area contributed by atoms with Gasteiger partial charge in [-0.15, -0.1) is 0 Å². The molecule has 0 saturated carbocycles. The summed E-state index contributed by atoms with van der Waals surface area (Å²) < 4.78 is 0. The number of amides is 1. The van der Waals surface area contributed by atoms with Crippen LogP contribution in [-0.2, 0) is 4.79 Å². The zero-order chi connectivity index (χ0) is 22.5. The Morgan fingerprint density at radius 2 is 1.52 bits per heavy atom. The Hall–Kier alpha value is -2.95. The van der Waals surface area contributed by atoms with Crippen molar-refractivity contribution in [3.63, 3.8) is 0 Å². The molecule has 0 fully saturated rings. The minimum absolute atomic E-state index is 0.0314. The second-order valence-corrected chi connectivity index (χ2v) is 8.05. The first-order chi connectivity index (χ1) is 15.0. The van der Waals surface area contributed by atoms with Crippen molar-refractivity contribution in [2.24, 2.45) is 0 Å². The fraction of sp³-hybridized carbons (Fsp3) is 0.423. The van der Waals surface area contributed by atoms with Crippen molar-refractivity contribution >= 4 is 17.2 Å². The van der Waals surface area contributed by atoms with E-state index < -0.39 is 4.92 Å². The summed E-state index contributed by atoms with van der Waals surface area (Å²) in [5.41, 5.74) is 2.44. The number of carbonyl (C=O) groups excluding carboxylic acids is 1. The van der Waals surface area contributed by atoms with Crippen LogP contribution < -0.4 is 5.32 Å². The molecule has 1 amide bonds. The molecule has 31 heavy (non-hydrogen) atoms. The summed E-state index contributed by atoms with van der Waals surface area (Å²) in [5.74, 6) is -0.146. The first kappa shape index (κ1) is 24.3. The monoisotopic (exact) mass is 422 g/mol. The molecule has 2 aromatic carbocycles. The molecule has 0 aromatic heterocycles. The van der Waals surface area contributed by atoms with E-state index in [9.17, 15) is 14.9 Å². The van der Waals surface area contributed by atoms with E-state index in [1.807, 2.05) is 37.3 Å². The van der Waals surface area contributed by atoms with E-state index in [0.717, 1.165) is 29.5 Å². The summed E-state index contributed by atoms with van der Waals surface area (Å²) in [6.45, 7) is 4.26. The van der Waals surface area contributed by atoms with E-state index in [-0.39, 0.29) is 17.6 Å². The molecule has 2 rings (SSSR count). The molecule has 5 heteroatoms. The number of nitro groups is 1. The average molecular weight is 423 g/mol. The minimum Gasteiger partial charge on any atom is -0.350 e. The highest BCUT2D eigenvalue weighted by atomic mass is 16.6. The summed E-state index contributed by atoms with van der Waals surface area (Å²) >= 11 is 0. The fourth-order valence-electron chi connectivity index (χ4n) is 3.61. The van der Waals surface area contributed by atoms with Gasteiger partial charge in [-0.1, -0.05) is 82.2 Å². The Morgan fingerprint density at radius 1 is 0.935 bits per heavy atom. The Kier molecular flexibility index (Phi) is 10.5. The van der Waals surface area contributed by atoms with Gasteiger partial charge in [0.15, 0.2) is 0 Å². The third-order valence-corrected chi connectivity index (χ3v) is 5.38. The predicted octanol–water partition coefficient (Wildman–Crippen LogP) is 6.67. The van der Waals surface area contributed by atoms with Crippen LogP contribution in [0.4, 0.5) is 5.69 Å². The van der Waals surface area contributed by atoms with E-state index in [0.29, 0.717) is 0 Å². The standard InChI is InChI=1S/C26H34N2O3/c1-3-4-5-6-7-8-10-13-21(2)27-26(29)20-25(22-14-11-9-12-15-22)23-16-18-24(19-17-23)28(30)31/h9,11-12,14-21H,3-8,10,13H2,1-2H3,(H,27,29)/b25-20-. The number of nitrogens with zero attached hydrogens (tertiary/aromatic N) is 1. The highest BCUT2D eigenvalue weighted by Gasteiger charge is 2.12. The molecular formula is C26H34N2O3. The Labute approximate surface area is 185 Å². The molecule has 1 N–H and O–H groups in total. The summed E-state index contributed by atoms with van der Waals surface area (Å²) in [6, 6.07) is 16.0. The van der Waals surface area contributed by atoms with E-state index in [1.165, 1.54) is 50.7 Å². The van der Waals surface area contributed by atoms with E-state index in [2.05, 4.69) is 12.2 Å². The molecular weight excluding hydrogens is 388 g/mol. The van der Waals surface area contributed by atoms with Crippen LogP contribution in [0.5, 0.6) is 0 Å². The van der Waals surface area contributed by atoms with E-state index >= 15 is 0 Å². The number of hydrogen-bond acceptors (Lipinski definition) is 3. The first-order valence-corrected chi connectivity index (χ1v) is 11.3. The minimum atomic E-state index is -0.423. The largest absolute Gasteiger partial charge is 0.350 e. The summed E-state index contributed by atoms with van der Waals surface area (Å²) in [4.78, 5) is 23.2. The van der Waals surface area contributed by atoms with Gasteiger partial charge in [0.2, 0.25) is 5.91 Å². The van der Waals surface area contributed by atoms with Gasteiger partial charge in [0, 0.05) is 24.3 Å². The number of unbranched alkanes of at least 4 members (excludes halogenated alkanes) is 6. The van der Waals surface area contributed by atoms with E-state index in [1.54, 1.807) is 18.2 Å². The summed E-state index contributed by atoms with van der Waals surface area (Å²) in [5, 5.41) is 14.0. The number of benzene rings is 2. The number of nitro benzene ring substituents is 1. The predicted molar refractivity (Wildman–Crippen MR) is 127 cm³/mol. The molecule has 1 atom stereocenters. The van der Waals surface area contributed by atoms with Crippen molar-refractivity contribution in [1.29, 1.82) is 0 Å². The van der Waals surface area contributed by atoms with E-state index in [4.69, 9.17) is 0 Å². The zero-order valence-corrected chi connectivity index (χ0v) is 18.7. The average Bonchev–Trinajstić information content (AvgIpc) is 2.77. The van der Waals surface area contributed by atoms with Gasteiger partial charge in [-0.25, -0.2) is 0 Å². The number of hydrogen-bond donors (Lipinski definition) is 1. The molecule has 0 aliphatic rings. The Morgan fingerprint density at radius 3 is 2.13 bits per heavy atom.